The molecule has 0 radical (unpaired) electrons. The van der Waals surface area contributed by atoms with Crippen LogP contribution in [-0.2, 0) is 0 Å². The van der Waals surface area contributed by atoms with Crippen LogP contribution in [0.3, 0.4) is 0 Å². The first-order chi connectivity index (χ1) is 8.58. The second kappa shape index (κ2) is 5.17. The van der Waals surface area contributed by atoms with E-state index in [9.17, 15) is 4.39 Å². The Morgan fingerprint density at radius 3 is 2.61 bits per heavy atom. The summed E-state index contributed by atoms with van der Waals surface area (Å²) >= 11 is 0. The van der Waals surface area contributed by atoms with Gasteiger partial charge in [-0.15, -0.1) is 0 Å². The van der Waals surface area contributed by atoms with Gasteiger partial charge in [0.1, 0.15) is 5.82 Å². The minimum atomic E-state index is -0.297. The van der Waals surface area contributed by atoms with Crippen LogP contribution in [0.2, 0.25) is 0 Å². The lowest BCUT2D eigenvalue weighted by molar-refractivity contribution is 0.589. The highest BCUT2D eigenvalue weighted by molar-refractivity contribution is 5.82. The molecule has 0 saturated heterocycles. The molecule has 2 aromatic rings. The maximum atomic E-state index is 13.4. The fourth-order valence-corrected chi connectivity index (χ4v) is 1.94. The Morgan fingerprint density at radius 2 is 2.00 bits per heavy atom. The van der Waals surface area contributed by atoms with Crippen molar-refractivity contribution in [3.8, 4) is 0 Å². The summed E-state index contributed by atoms with van der Waals surface area (Å²) in [4.78, 5) is 4.18. The number of aryl methyl sites for hydroxylation is 1. The molecule has 0 spiro atoms. The minimum absolute atomic E-state index is 0.297. The molecule has 0 aliphatic carbocycles. The van der Waals surface area contributed by atoms with Gasteiger partial charge in [-0.1, -0.05) is 12.1 Å². The van der Waals surface area contributed by atoms with E-state index in [1.165, 1.54) is 11.8 Å². The molecule has 3 heteroatoms. The van der Waals surface area contributed by atoms with E-state index >= 15 is 0 Å². The number of nitrogens with zero attached hydrogens (tertiary/aromatic N) is 2. The molecule has 0 atom stereocenters. The van der Waals surface area contributed by atoms with Crippen LogP contribution in [0.1, 0.15) is 31.1 Å². The van der Waals surface area contributed by atoms with E-state index in [1.54, 1.807) is 24.4 Å². The van der Waals surface area contributed by atoms with Crippen LogP contribution in [0.5, 0.6) is 0 Å². The topological polar surface area (TPSA) is 17.3 Å². The van der Waals surface area contributed by atoms with Gasteiger partial charge in [0, 0.05) is 29.7 Å². The Balaban J connectivity index is 2.24. The van der Waals surface area contributed by atoms with Crippen LogP contribution in [0, 0.1) is 12.7 Å². The molecule has 2 nitrogen and oxygen atoms in total. The van der Waals surface area contributed by atoms with E-state index < -0.39 is 0 Å². The standard InChI is InChI=1S/C15H17FN2/c1-11(2)18-10-13(8-12(18)3)9-17-15-7-5-4-6-14(15)16/h4-11H,1-3H3. The van der Waals surface area contributed by atoms with Crippen LogP contribution >= 0.6 is 0 Å². The molecule has 94 valence electrons. The first-order valence-electron chi connectivity index (χ1n) is 6.05. The summed E-state index contributed by atoms with van der Waals surface area (Å²) in [7, 11) is 0. The lowest BCUT2D eigenvalue weighted by Crippen LogP contribution is -2.00. The molecular weight excluding hydrogens is 227 g/mol. The van der Waals surface area contributed by atoms with Crippen molar-refractivity contribution in [3.05, 3.63) is 53.6 Å². The van der Waals surface area contributed by atoms with E-state index in [4.69, 9.17) is 0 Å². The third kappa shape index (κ3) is 2.67. The van der Waals surface area contributed by atoms with Gasteiger partial charge in [0.15, 0.2) is 0 Å². The maximum absolute atomic E-state index is 13.4. The smallest absolute Gasteiger partial charge is 0.148 e. The first kappa shape index (κ1) is 12.6. The van der Waals surface area contributed by atoms with Crippen molar-refractivity contribution < 1.29 is 4.39 Å². The number of aromatic nitrogens is 1. The summed E-state index contributed by atoms with van der Waals surface area (Å²) in [6.45, 7) is 6.32. The average Bonchev–Trinajstić information content (AvgIpc) is 2.70. The molecule has 1 aromatic carbocycles. The minimum Gasteiger partial charge on any atom is -0.349 e. The van der Waals surface area contributed by atoms with Crippen LogP contribution < -0.4 is 0 Å². The van der Waals surface area contributed by atoms with E-state index in [-0.39, 0.29) is 5.82 Å². The van der Waals surface area contributed by atoms with E-state index in [2.05, 4.69) is 30.3 Å². The Hall–Kier alpha value is -1.90. The van der Waals surface area contributed by atoms with Gasteiger partial charge in [0.2, 0.25) is 0 Å². The first-order valence-corrected chi connectivity index (χ1v) is 6.05. The van der Waals surface area contributed by atoms with Crippen molar-refractivity contribution in [1.29, 1.82) is 0 Å². The SMILES string of the molecule is Cc1cc(C=Nc2ccccc2F)cn1C(C)C. The molecule has 0 N–H and O–H groups in total. The number of rotatable bonds is 3. The number of benzene rings is 1. The van der Waals surface area contributed by atoms with Gasteiger partial charge in [0.25, 0.3) is 0 Å². The van der Waals surface area contributed by atoms with Gasteiger partial charge >= 0.3 is 0 Å². The molecule has 0 aliphatic rings. The molecule has 0 amide bonds. The molecule has 1 heterocycles. The van der Waals surface area contributed by atoms with Gasteiger partial charge in [0.05, 0.1) is 5.69 Å². The summed E-state index contributed by atoms with van der Waals surface area (Å²) in [5.74, 6) is -0.297. The van der Waals surface area contributed by atoms with Gasteiger partial charge in [-0.05, 0) is 39.0 Å². The van der Waals surface area contributed by atoms with Crippen LogP contribution in [0.4, 0.5) is 10.1 Å². The lowest BCUT2D eigenvalue weighted by atomic mass is 10.3. The Bertz CT molecular complexity index is 568. The number of hydrogen-bond donors (Lipinski definition) is 0. The molecule has 2 rings (SSSR count). The third-order valence-corrected chi connectivity index (χ3v) is 2.83. The quantitative estimate of drug-likeness (QED) is 0.717. The molecule has 1 aromatic heterocycles. The highest BCUT2D eigenvalue weighted by Gasteiger charge is 2.03. The zero-order valence-corrected chi connectivity index (χ0v) is 10.9. The highest BCUT2D eigenvalue weighted by Crippen LogP contribution is 2.17. The van der Waals surface area contributed by atoms with Crippen molar-refractivity contribution in [2.45, 2.75) is 26.8 Å². The predicted octanol–water partition coefficient (Wildman–Crippen LogP) is 4.27. The van der Waals surface area contributed by atoms with Gasteiger partial charge in [-0.2, -0.15) is 0 Å². The summed E-state index contributed by atoms with van der Waals surface area (Å²) < 4.78 is 15.6. The number of hydrogen-bond acceptors (Lipinski definition) is 1. The number of halogens is 1. The van der Waals surface area contributed by atoms with Gasteiger partial charge in [-0.3, -0.25) is 4.99 Å². The summed E-state index contributed by atoms with van der Waals surface area (Å²) in [6.07, 6.45) is 3.73. The molecule has 0 aliphatic heterocycles. The van der Waals surface area contributed by atoms with Crippen LogP contribution in [-0.4, -0.2) is 10.8 Å². The second-order valence-corrected chi connectivity index (χ2v) is 4.63. The Morgan fingerprint density at radius 1 is 1.28 bits per heavy atom. The summed E-state index contributed by atoms with van der Waals surface area (Å²) in [5.41, 5.74) is 2.54. The molecule has 0 unspecified atom stereocenters. The monoisotopic (exact) mass is 244 g/mol. The zero-order chi connectivity index (χ0) is 13.1. The van der Waals surface area contributed by atoms with Crippen molar-refractivity contribution >= 4 is 11.9 Å². The Kier molecular flexibility index (Phi) is 3.60. The summed E-state index contributed by atoms with van der Waals surface area (Å²) in [5, 5.41) is 0. The average molecular weight is 244 g/mol. The van der Waals surface area contributed by atoms with Crippen LogP contribution in [0.15, 0.2) is 41.5 Å². The van der Waals surface area contributed by atoms with Gasteiger partial charge < -0.3 is 4.57 Å². The van der Waals surface area contributed by atoms with Crippen molar-refractivity contribution in [3.63, 3.8) is 0 Å². The second-order valence-electron chi connectivity index (χ2n) is 4.63. The number of para-hydroxylation sites is 1. The molecule has 0 saturated carbocycles. The zero-order valence-electron chi connectivity index (χ0n) is 10.9. The maximum Gasteiger partial charge on any atom is 0.148 e. The van der Waals surface area contributed by atoms with Gasteiger partial charge in [-0.25, -0.2) is 4.39 Å². The van der Waals surface area contributed by atoms with E-state index in [0.29, 0.717) is 11.7 Å². The molecular formula is C15H17FN2. The third-order valence-electron chi connectivity index (χ3n) is 2.83. The highest BCUT2D eigenvalue weighted by atomic mass is 19.1. The van der Waals surface area contributed by atoms with Crippen molar-refractivity contribution in [2.24, 2.45) is 4.99 Å². The fraction of sp³-hybridized carbons (Fsp3) is 0.267. The lowest BCUT2D eigenvalue weighted by Gasteiger charge is -2.08. The summed E-state index contributed by atoms with van der Waals surface area (Å²) in [6, 6.07) is 8.98. The molecule has 0 fully saturated rings. The molecule has 0 bridgehead atoms. The Labute approximate surface area is 107 Å². The van der Waals surface area contributed by atoms with E-state index in [0.717, 1.165) is 5.56 Å². The van der Waals surface area contributed by atoms with E-state index in [1.807, 2.05) is 12.3 Å². The fourth-order valence-electron chi connectivity index (χ4n) is 1.94. The predicted molar refractivity (Wildman–Crippen MR) is 73.2 cm³/mol. The normalized spacial score (nSPS) is 11.6. The van der Waals surface area contributed by atoms with Crippen molar-refractivity contribution in [1.82, 2.24) is 4.57 Å². The molecule has 18 heavy (non-hydrogen) atoms. The number of aliphatic imine (C=N–C) groups is 1. The van der Waals surface area contributed by atoms with Crippen LogP contribution in [0.25, 0.3) is 0 Å². The van der Waals surface area contributed by atoms with Crippen molar-refractivity contribution in [2.75, 3.05) is 0 Å². The largest absolute Gasteiger partial charge is 0.349 e.